The van der Waals surface area contributed by atoms with Gasteiger partial charge >= 0.3 is 5.97 Å². The first-order valence-corrected chi connectivity index (χ1v) is 4.63. The van der Waals surface area contributed by atoms with E-state index in [2.05, 4.69) is 0 Å². The molecule has 0 aromatic carbocycles. The van der Waals surface area contributed by atoms with Crippen LogP contribution in [0.2, 0.25) is 0 Å². The summed E-state index contributed by atoms with van der Waals surface area (Å²) in [6.07, 6.45) is 3.23. The molecule has 0 radical (unpaired) electrons. The Morgan fingerprint density at radius 1 is 1.58 bits per heavy atom. The zero-order valence-electron chi connectivity index (χ0n) is 7.29. The van der Waals surface area contributed by atoms with Gasteiger partial charge in [-0.25, -0.2) is 4.79 Å². The minimum Gasteiger partial charge on any atom is -0.464 e. The van der Waals surface area contributed by atoms with Gasteiger partial charge in [-0.1, -0.05) is 0 Å². The Morgan fingerprint density at radius 3 is 3.08 bits per heavy atom. The van der Waals surface area contributed by atoms with Crippen molar-refractivity contribution < 1.29 is 14.3 Å². The smallest absolute Gasteiger partial charge is 0.335 e. The topological polar surface area (TPSA) is 35.5 Å². The van der Waals surface area contributed by atoms with Crippen LogP contribution < -0.4 is 0 Å². The van der Waals surface area contributed by atoms with Crippen molar-refractivity contribution in [3.05, 3.63) is 0 Å². The molecule has 0 spiro atoms. The highest BCUT2D eigenvalue weighted by Gasteiger charge is 2.45. The molecule has 0 N–H and O–H groups in total. The number of rotatable bonds is 2. The first-order valence-electron chi connectivity index (χ1n) is 4.63. The lowest BCUT2D eigenvalue weighted by molar-refractivity contribution is -0.160. The number of carbonyl (C=O) groups is 1. The highest BCUT2D eigenvalue weighted by molar-refractivity contribution is 5.74. The van der Waals surface area contributed by atoms with Crippen molar-refractivity contribution in [2.75, 3.05) is 6.61 Å². The minimum absolute atomic E-state index is 0.178. The van der Waals surface area contributed by atoms with Crippen LogP contribution in [0.4, 0.5) is 0 Å². The molecule has 0 amide bonds. The zero-order chi connectivity index (χ0) is 8.55. The van der Waals surface area contributed by atoms with Gasteiger partial charge in [-0.15, -0.1) is 0 Å². The van der Waals surface area contributed by atoms with Crippen molar-refractivity contribution >= 4 is 5.97 Å². The van der Waals surface area contributed by atoms with E-state index in [0.717, 1.165) is 25.2 Å². The van der Waals surface area contributed by atoms with E-state index in [4.69, 9.17) is 9.47 Å². The molecule has 3 heteroatoms. The molecule has 0 aromatic rings. The summed E-state index contributed by atoms with van der Waals surface area (Å²) in [6.45, 7) is 2.27. The number of carbonyl (C=O) groups excluding carboxylic acids is 1. The lowest BCUT2D eigenvalue weighted by Gasteiger charge is -2.19. The summed E-state index contributed by atoms with van der Waals surface area (Å²) >= 11 is 0. The summed E-state index contributed by atoms with van der Waals surface area (Å²) in [4.78, 5) is 11.2. The molecule has 12 heavy (non-hydrogen) atoms. The van der Waals surface area contributed by atoms with E-state index in [-0.39, 0.29) is 12.1 Å². The Kier molecular flexibility index (Phi) is 2.05. The van der Waals surface area contributed by atoms with Crippen LogP contribution in [0, 0.1) is 5.92 Å². The molecule has 0 bridgehead atoms. The minimum atomic E-state index is -0.270. The van der Waals surface area contributed by atoms with Crippen molar-refractivity contribution in [2.24, 2.45) is 5.92 Å². The average Bonchev–Trinajstić information content (AvgIpc) is 2.81. The maximum absolute atomic E-state index is 11.2. The van der Waals surface area contributed by atoms with Gasteiger partial charge in [-0.05, 0) is 32.1 Å². The van der Waals surface area contributed by atoms with Crippen LogP contribution in [-0.4, -0.2) is 24.8 Å². The van der Waals surface area contributed by atoms with Crippen LogP contribution in [0.5, 0.6) is 0 Å². The summed E-state index contributed by atoms with van der Waals surface area (Å²) < 4.78 is 10.4. The predicted molar refractivity (Wildman–Crippen MR) is 42.6 cm³/mol. The third-order valence-corrected chi connectivity index (χ3v) is 2.55. The molecular weight excluding hydrogens is 156 g/mol. The monoisotopic (exact) mass is 170 g/mol. The summed E-state index contributed by atoms with van der Waals surface area (Å²) in [5, 5.41) is 0. The molecule has 3 unspecified atom stereocenters. The standard InChI is InChI=1S/C9H14O3/c1-2-11-9(10)7-4-3-6-5-8(6)12-7/h6-8H,2-5H2,1H3. The SMILES string of the molecule is CCOC(=O)C1CCC2CC2O1. The van der Waals surface area contributed by atoms with E-state index in [0.29, 0.717) is 12.7 Å². The lowest BCUT2D eigenvalue weighted by Crippen LogP contribution is -2.30. The van der Waals surface area contributed by atoms with Crippen molar-refractivity contribution in [3.8, 4) is 0 Å². The van der Waals surface area contributed by atoms with Crippen molar-refractivity contribution in [1.29, 1.82) is 0 Å². The molecule has 0 aromatic heterocycles. The second-order valence-electron chi connectivity index (χ2n) is 3.49. The van der Waals surface area contributed by atoms with Gasteiger partial charge in [0.05, 0.1) is 12.7 Å². The van der Waals surface area contributed by atoms with Crippen LogP contribution in [0.1, 0.15) is 26.2 Å². The number of ether oxygens (including phenoxy) is 2. The van der Waals surface area contributed by atoms with Gasteiger partial charge in [-0.2, -0.15) is 0 Å². The Hall–Kier alpha value is -0.570. The van der Waals surface area contributed by atoms with E-state index in [1.165, 1.54) is 0 Å². The fourth-order valence-corrected chi connectivity index (χ4v) is 1.74. The van der Waals surface area contributed by atoms with Gasteiger partial charge in [0.15, 0.2) is 6.10 Å². The number of hydrogen-bond acceptors (Lipinski definition) is 3. The first kappa shape index (κ1) is 8.05. The van der Waals surface area contributed by atoms with E-state index in [1.807, 2.05) is 6.92 Å². The molecule has 2 aliphatic rings. The third-order valence-electron chi connectivity index (χ3n) is 2.55. The van der Waals surface area contributed by atoms with Crippen LogP contribution in [-0.2, 0) is 14.3 Å². The van der Waals surface area contributed by atoms with Gasteiger partial charge in [-0.3, -0.25) is 0 Å². The fraction of sp³-hybridized carbons (Fsp3) is 0.889. The molecule has 1 heterocycles. The number of hydrogen-bond donors (Lipinski definition) is 0. The van der Waals surface area contributed by atoms with Gasteiger partial charge in [0.2, 0.25) is 0 Å². The Bertz CT molecular complexity index is 190. The quantitative estimate of drug-likeness (QED) is 0.582. The zero-order valence-corrected chi connectivity index (χ0v) is 7.29. The predicted octanol–water partition coefficient (Wildman–Crippen LogP) is 1.12. The van der Waals surface area contributed by atoms with Crippen LogP contribution >= 0.6 is 0 Å². The summed E-state index contributed by atoms with van der Waals surface area (Å²) in [7, 11) is 0. The second kappa shape index (κ2) is 3.05. The van der Waals surface area contributed by atoms with Gasteiger partial charge in [0.25, 0.3) is 0 Å². The normalized spacial score (nSPS) is 38.6. The highest BCUT2D eigenvalue weighted by Crippen LogP contribution is 2.43. The summed E-state index contributed by atoms with van der Waals surface area (Å²) in [6, 6.07) is 0. The summed E-state index contributed by atoms with van der Waals surface area (Å²) in [5.74, 6) is 0.568. The molecule has 3 atom stereocenters. The lowest BCUT2D eigenvalue weighted by atomic mass is 10.1. The van der Waals surface area contributed by atoms with E-state index in [1.54, 1.807) is 0 Å². The first-order chi connectivity index (χ1) is 5.81. The second-order valence-corrected chi connectivity index (χ2v) is 3.49. The van der Waals surface area contributed by atoms with E-state index in [9.17, 15) is 4.79 Å². The Balaban J connectivity index is 1.83. The van der Waals surface area contributed by atoms with Gasteiger partial charge < -0.3 is 9.47 Å². The Labute approximate surface area is 72.0 Å². The Morgan fingerprint density at radius 2 is 2.42 bits per heavy atom. The molecule has 3 nitrogen and oxygen atoms in total. The van der Waals surface area contributed by atoms with Gasteiger partial charge in [0.1, 0.15) is 0 Å². The molecule has 68 valence electrons. The number of esters is 1. The van der Waals surface area contributed by atoms with E-state index >= 15 is 0 Å². The molecule has 1 aliphatic heterocycles. The molecular formula is C9H14O3. The largest absolute Gasteiger partial charge is 0.464 e. The van der Waals surface area contributed by atoms with E-state index < -0.39 is 0 Å². The molecule has 1 aliphatic carbocycles. The van der Waals surface area contributed by atoms with Crippen molar-refractivity contribution in [2.45, 2.75) is 38.4 Å². The molecule has 2 fully saturated rings. The third kappa shape index (κ3) is 1.46. The average molecular weight is 170 g/mol. The fourth-order valence-electron chi connectivity index (χ4n) is 1.74. The highest BCUT2D eigenvalue weighted by atomic mass is 16.6. The molecule has 1 saturated heterocycles. The maximum atomic E-state index is 11.2. The number of fused-ring (bicyclic) bond motifs is 1. The molecule has 1 saturated carbocycles. The molecule has 2 rings (SSSR count). The van der Waals surface area contributed by atoms with Gasteiger partial charge in [0, 0.05) is 0 Å². The maximum Gasteiger partial charge on any atom is 0.335 e. The van der Waals surface area contributed by atoms with Crippen molar-refractivity contribution in [1.82, 2.24) is 0 Å². The van der Waals surface area contributed by atoms with Crippen LogP contribution in [0.15, 0.2) is 0 Å². The summed E-state index contributed by atoms with van der Waals surface area (Å²) in [5.41, 5.74) is 0. The van der Waals surface area contributed by atoms with Crippen LogP contribution in [0.3, 0.4) is 0 Å². The van der Waals surface area contributed by atoms with Crippen molar-refractivity contribution in [3.63, 3.8) is 0 Å². The van der Waals surface area contributed by atoms with Crippen LogP contribution in [0.25, 0.3) is 0 Å².